The molecule has 4 heterocycles. The van der Waals surface area contributed by atoms with Crippen LogP contribution in [0.4, 0.5) is 18.9 Å². The molecule has 1 aromatic carbocycles. The highest BCUT2D eigenvalue weighted by Crippen LogP contribution is 2.36. The number of rotatable bonds is 7. The number of nitrogens with one attached hydrogen (secondary N) is 2. The lowest BCUT2D eigenvalue weighted by molar-refractivity contribution is 0.0659. The zero-order chi connectivity index (χ0) is 26.8. The molecule has 1 saturated heterocycles. The number of hydrogen-bond donors (Lipinski definition) is 2. The van der Waals surface area contributed by atoms with Crippen LogP contribution in [0.5, 0.6) is 17.4 Å². The molecule has 1 aliphatic rings. The van der Waals surface area contributed by atoms with Gasteiger partial charge in [0.15, 0.2) is 17.2 Å². The number of aromatic amines is 1. The smallest absolute Gasteiger partial charge is 0.321 e. The van der Waals surface area contributed by atoms with Crippen molar-refractivity contribution in [3.63, 3.8) is 0 Å². The number of likely N-dealkylation sites (tertiary alicyclic amines) is 1. The summed E-state index contributed by atoms with van der Waals surface area (Å²) < 4.78 is 52.9. The number of amides is 1. The van der Waals surface area contributed by atoms with Crippen LogP contribution in [0, 0.1) is 5.82 Å². The lowest BCUT2D eigenvalue weighted by Crippen LogP contribution is -2.35. The third-order valence-corrected chi connectivity index (χ3v) is 6.17. The van der Waals surface area contributed by atoms with Crippen molar-refractivity contribution in [1.82, 2.24) is 24.6 Å². The Balaban J connectivity index is 1.34. The summed E-state index contributed by atoms with van der Waals surface area (Å²) in [6, 6.07) is 7.44. The van der Waals surface area contributed by atoms with E-state index in [2.05, 4.69) is 25.4 Å². The first kappa shape index (κ1) is 25.3. The Hall–Kier alpha value is -4.39. The fourth-order valence-electron chi connectivity index (χ4n) is 4.14. The lowest BCUT2D eigenvalue weighted by atomic mass is 10.1. The van der Waals surface area contributed by atoms with Crippen molar-refractivity contribution in [2.24, 2.45) is 0 Å². The Bertz CT molecular complexity index is 1530. The summed E-state index contributed by atoms with van der Waals surface area (Å²) in [5, 5.41) is 9.81. The first-order valence-electron chi connectivity index (χ1n) is 11.8. The zero-order valence-electron chi connectivity index (χ0n) is 20.2. The summed E-state index contributed by atoms with van der Waals surface area (Å²) in [6.07, 6.45) is 3.99. The van der Waals surface area contributed by atoms with Gasteiger partial charge in [0.25, 0.3) is 11.5 Å². The predicted octanol–water partition coefficient (Wildman–Crippen LogP) is 4.17. The van der Waals surface area contributed by atoms with E-state index in [9.17, 15) is 22.8 Å². The molecular formula is C25H23F3N6O4. The van der Waals surface area contributed by atoms with Gasteiger partial charge in [-0.25, -0.2) is 9.37 Å². The lowest BCUT2D eigenvalue weighted by Gasteiger charge is -2.28. The van der Waals surface area contributed by atoms with Crippen molar-refractivity contribution < 1.29 is 27.4 Å². The van der Waals surface area contributed by atoms with E-state index >= 15 is 0 Å². The van der Waals surface area contributed by atoms with Gasteiger partial charge in [-0.2, -0.15) is 8.78 Å². The number of fused-ring (bicyclic) bond motifs is 1. The van der Waals surface area contributed by atoms with Crippen molar-refractivity contribution >= 4 is 22.6 Å². The Morgan fingerprint density at radius 1 is 1.18 bits per heavy atom. The third-order valence-electron chi connectivity index (χ3n) is 6.17. The molecule has 0 radical (unpaired) electrons. The molecule has 38 heavy (non-hydrogen) atoms. The van der Waals surface area contributed by atoms with E-state index in [4.69, 9.17) is 9.47 Å². The van der Waals surface area contributed by atoms with Crippen molar-refractivity contribution in [1.29, 1.82) is 0 Å². The van der Waals surface area contributed by atoms with Crippen LogP contribution in [-0.4, -0.2) is 56.8 Å². The van der Waals surface area contributed by atoms with Gasteiger partial charge in [0, 0.05) is 43.3 Å². The summed E-state index contributed by atoms with van der Waals surface area (Å²) in [7, 11) is 2.05. The highest BCUT2D eigenvalue weighted by atomic mass is 19.3. The van der Waals surface area contributed by atoms with Crippen LogP contribution in [0.3, 0.4) is 0 Å². The number of nitrogens with zero attached hydrogens (tertiary/aromatic N) is 4. The van der Waals surface area contributed by atoms with Crippen LogP contribution in [0.25, 0.3) is 11.0 Å². The van der Waals surface area contributed by atoms with Gasteiger partial charge in [0.1, 0.15) is 22.8 Å². The quantitative estimate of drug-likeness (QED) is 0.370. The molecule has 0 bridgehead atoms. The van der Waals surface area contributed by atoms with Gasteiger partial charge >= 0.3 is 6.55 Å². The number of benzene rings is 1. The molecule has 3 aromatic heterocycles. The van der Waals surface area contributed by atoms with E-state index in [0.29, 0.717) is 16.9 Å². The molecule has 0 saturated carbocycles. The molecule has 4 aromatic rings. The number of aromatic nitrogens is 4. The van der Waals surface area contributed by atoms with E-state index in [1.54, 1.807) is 6.07 Å². The number of piperidine rings is 1. The highest BCUT2D eigenvalue weighted by molar-refractivity contribution is 6.04. The van der Waals surface area contributed by atoms with E-state index in [1.165, 1.54) is 18.3 Å². The fraction of sp³-hybridized carbons (Fsp3) is 0.280. The Morgan fingerprint density at radius 3 is 2.71 bits per heavy atom. The summed E-state index contributed by atoms with van der Waals surface area (Å²) in [6.45, 7) is -1.31. The second kappa shape index (κ2) is 10.5. The first-order chi connectivity index (χ1) is 18.3. The Kier molecular flexibility index (Phi) is 7.01. The minimum atomic E-state index is -3.10. The predicted molar refractivity (Wildman–Crippen MR) is 131 cm³/mol. The normalized spacial score (nSPS) is 14.7. The monoisotopic (exact) mass is 528 g/mol. The number of H-pyrrole nitrogens is 1. The molecule has 1 aliphatic heterocycles. The largest absolute Gasteiger partial charge is 0.473 e. The van der Waals surface area contributed by atoms with Crippen LogP contribution in [0.2, 0.25) is 0 Å². The number of carbonyl (C=O) groups excluding carboxylic acids is 1. The van der Waals surface area contributed by atoms with Crippen molar-refractivity contribution in [2.75, 3.05) is 25.5 Å². The number of anilines is 1. The van der Waals surface area contributed by atoms with Crippen LogP contribution >= 0.6 is 0 Å². The molecule has 0 atom stereocenters. The van der Waals surface area contributed by atoms with Crippen LogP contribution in [0.15, 0.2) is 53.6 Å². The molecule has 0 aliphatic carbocycles. The molecule has 0 spiro atoms. The molecule has 1 fully saturated rings. The molecule has 0 unspecified atom stereocenters. The summed E-state index contributed by atoms with van der Waals surface area (Å²) >= 11 is 0. The van der Waals surface area contributed by atoms with Gasteiger partial charge in [-0.05, 0) is 44.2 Å². The number of carbonyl (C=O) groups is 1. The van der Waals surface area contributed by atoms with Gasteiger partial charge in [-0.1, -0.05) is 0 Å². The molecule has 10 nitrogen and oxygen atoms in total. The third kappa shape index (κ3) is 5.18. The average molecular weight is 528 g/mol. The Labute approximate surface area is 214 Å². The van der Waals surface area contributed by atoms with E-state index in [-0.39, 0.29) is 27.9 Å². The maximum Gasteiger partial charge on any atom is 0.321 e. The summed E-state index contributed by atoms with van der Waals surface area (Å²) in [5.41, 5.74) is -1.27. The number of hydrogen-bond acceptors (Lipinski definition) is 7. The fourth-order valence-corrected chi connectivity index (χ4v) is 4.14. The van der Waals surface area contributed by atoms with E-state index < -0.39 is 29.4 Å². The van der Waals surface area contributed by atoms with Crippen LogP contribution in [-0.2, 0) is 0 Å². The van der Waals surface area contributed by atoms with Gasteiger partial charge in [-0.3, -0.25) is 19.3 Å². The van der Waals surface area contributed by atoms with Crippen molar-refractivity contribution in [3.8, 4) is 17.4 Å². The molecule has 198 valence electrons. The molecule has 2 N–H and O–H groups in total. The first-order valence-corrected chi connectivity index (χ1v) is 11.8. The number of halogens is 3. The Morgan fingerprint density at radius 2 is 1.97 bits per heavy atom. The van der Waals surface area contributed by atoms with Gasteiger partial charge in [-0.15, -0.1) is 5.10 Å². The zero-order valence-corrected chi connectivity index (χ0v) is 20.2. The molecular weight excluding hydrogens is 505 g/mol. The van der Waals surface area contributed by atoms with Crippen LogP contribution < -0.4 is 20.3 Å². The minimum absolute atomic E-state index is 0.00109. The van der Waals surface area contributed by atoms with E-state index in [1.807, 2.05) is 7.05 Å². The SMILES string of the molecule is CN1CCC(Oc2n[nH]c3nccc(Oc4ccc(NC(=O)c5cccn(C(F)F)c5=O)cc4F)c23)CC1. The average Bonchev–Trinajstić information content (AvgIpc) is 3.30. The number of pyridine rings is 2. The molecule has 13 heteroatoms. The minimum Gasteiger partial charge on any atom is -0.473 e. The highest BCUT2D eigenvalue weighted by Gasteiger charge is 2.23. The van der Waals surface area contributed by atoms with Gasteiger partial charge in [0.05, 0.1) is 0 Å². The number of ether oxygens (including phenoxy) is 2. The second-order valence-corrected chi connectivity index (χ2v) is 8.80. The maximum atomic E-state index is 15.0. The maximum absolute atomic E-state index is 15.0. The summed E-state index contributed by atoms with van der Waals surface area (Å²) in [4.78, 5) is 31.0. The molecule has 1 amide bonds. The summed E-state index contributed by atoms with van der Waals surface area (Å²) in [5.74, 6) is -1.35. The second-order valence-electron chi connectivity index (χ2n) is 8.80. The van der Waals surface area contributed by atoms with Gasteiger partial charge < -0.3 is 19.7 Å². The van der Waals surface area contributed by atoms with Gasteiger partial charge in [0.2, 0.25) is 5.88 Å². The van der Waals surface area contributed by atoms with E-state index in [0.717, 1.165) is 50.3 Å². The topological polar surface area (TPSA) is 114 Å². The van der Waals surface area contributed by atoms with Crippen LogP contribution in [0.1, 0.15) is 29.7 Å². The van der Waals surface area contributed by atoms with Crippen molar-refractivity contribution in [3.05, 3.63) is 70.5 Å². The standard InChI is InChI=1S/C25H23F3N6O4/c1-33-11-7-15(8-12-33)37-23-20-19(6-9-29-21(20)31-32-23)38-18-5-4-14(13-17(18)26)30-22(35)16-3-2-10-34(24(16)36)25(27)28/h2-6,9-10,13,15,25H,7-8,11-12H2,1H3,(H,30,35)(H,29,31,32). The number of alkyl halides is 2. The molecule has 5 rings (SSSR count). The van der Waals surface area contributed by atoms with Crippen molar-refractivity contribution in [2.45, 2.75) is 25.5 Å².